The summed E-state index contributed by atoms with van der Waals surface area (Å²) >= 11 is 16.1. The minimum atomic E-state index is -1.19. The SMILES string of the molecule is C.C.C1CCOC1.CC(=O)OC[C@H]1O[C@@H](S)[C@H](OC(C)=O)C(OC(C)=O)[C@@H]1OC(C)=O.CC(=O)OC[C@H]1O[C@@H]([S-])[C@H](OC(C)=O)C(OC(C)=O)[C@@H]1OC(C)=O.CC(=O)OC[C@H]1O[C@@H]([S-])[C@H](OC(C)=O)C(OC(C)=O)[C@@H]1OC(C)=O.[Au+].[Cl][Au].[Na+].c1ccc([PH+]2C(c3ccccn3)=C3CCCCC3=C2c2ccccn2)cc1.c1ccc([PH+]2C(c3ccccn3)=C3CCCCC3=C2c2ccccn2)cc1. The molecule has 10 heterocycles. The van der Waals surface area contributed by atoms with E-state index in [-0.39, 0.29) is 86.6 Å². The van der Waals surface area contributed by atoms with Crippen LogP contribution in [0.5, 0.6) is 0 Å². The van der Waals surface area contributed by atoms with Gasteiger partial charge in [-0.25, -0.2) is 0 Å². The van der Waals surface area contributed by atoms with Gasteiger partial charge in [0.2, 0.25) is 0 Å². The third-order valence-electron chi connectivity index (χ3n) is 20.6. The van der Waals surface area contributed by atoms with Gasteiger partial charge in [0.15, 0.2) is 42.7 Å². The number of thiol groups is 1. The smallest absolute Gasteiger partial charge is 0.253 e. The molecular formula is C96H118Au2ClN4NaO28P2S3+2. The van der Waals surface area contributed by atoms with Crippen LogP contribution in [0.1, 0.15) is 185 Å². The van der Waals surface area contributed by atoms with Crippen molar-refractivity contribution in [1.82, 2.24) is 19.9 Å². The van der Waals surface area contributed by atoms with Gasteiger partial charge >= 0.3 is 153 Å². The van der Waals surface area contributed by atoms with Crippen molar-refractivity contribution in [3.63, 3.8) is 0 Å². The number of fused-ring (bicyclic) bond motifs is 2. The zero-order valence-electron chi connectivity index (χ0n) is 76.7. The van der Waals surface area contributed by atoms with Gasteiger partial charge in [-0.1, -0.05) is 75.5 Å². The number of esters is 12. The summed E-state index contributed by atoms with van der Waals surface area (Å²) in [5, 5.41) is 8.81. The molecule has 4 aromatic heterocycles. The first-order valence-electron chi connectivity index (χ1n) is 42.8. The second-order valence-corrected chi connectivity index (χ2v) is 36.8. The Labute approximate surface area is 872 Å². The summed E-state index contributed by atoms with van der Waals surface area (Å²) in [5.74, 6) is -7.81. The maximum atomic E-state index is 11.4. The van der Waals surface area contributed by atoms with Crippen LogP contribution in [0.2, 0.25) is 0 Å². The molecule has 14 rings (SSSR count). The first-order chi connectivity index (χ1) is 63.7. The molecule has 41 heteroatoms. The number of ether oxygens (including phenoxy) is 16. The van der Waals surface area contributed by atoms with Crippen LogP contribution >= 0.6 is 37.7 Å². The third-order valence-corrected chi connectivity index (χ3v) is 27.9. The molecule has 32 nitrogen and oxygen atoms in total. The van der Waals surface area contributed by atoms with Gasteiger partial charge in [0.25, 0.3) is 0 Å². The second kappa shape index (κ2) is 62.5. The predicted octanol–water partition coefficient (Wildman–Crippen LogP) is 10.4. The van der Waals surface area contributed by atoms with Gasteiger partial charge in [-0.05, 0) is 148 Å². The normalized spacial score (nSPS) is 23.2. The fourth-order valence-electron chi connectivity index (χ4n) is 15.8. The van der Waals surface area contributed by atoms with Crippen molar-refractivity contribution in [2.24, 2.45) is 0 Å². The maximum absolute atomic E-state index is 11.4. The summed E-state index contributed by atoms with van der Waals surface area (Å²) in [6, 6.07) is 47.2. The fraction of sp³-hybridized carbons (Fsp3) is 0.458. The molecule has 0 bridgehead atoms. The summed E-state index contributed by atoms with van der Waals surface area (Å²) in [7, 11) is 2.35. The standard InChI is InChI=1S/2C24H21N2P.3C14H20O9S.C4H8O.2CH4.2Au.ClH.Na/c2*1-2-10-18(11-3-1)27-23(21-14-6-8-16-25-21)19-12-4-5-13-20(19)24(27)22-15-7-9-17-26-22;3*1-6(15)19-5-10-11(20-7(2)16)12(21-8(3)17)13(14(24)23-10)22-9(4)18;1-2-4-5-3-1;;;;;;/h2*1-3,6-11,14-17H,4-5,12-13H2;3*10-14,24H,5H2,1-4H3;1-4H2;2*1H4;;;1H;/q;;;;;;;;2*+1;;+1/p-1/t;;3*10-,11-,12?,13-,14+;;;;;;;/m..111......./s1. The number of hydrogen-bond donors (Lipinski definition) is 1. The number of rotatable bonds is 21. The molecule has 2 aliphatic carbocycles. The van der Waals surface area contributed by atoms with Crippen molar-refractivity contribution in [2.75, 3.05) is 33.0 Å². The average Bonchev–Trinajstić information content (AvgIpc) is 1.59. The van der Waals surface area contributed by atoms with Crippen LogP contribution in [0.3, 0.4) is 0 Å². The summed E-state index contributed by atoms with van der Waals surface area (Å²) in [6.45, 7) is 15.1. The average molecular weight is 2390 g/mol. The molecule has 0 amide bonds. The number of aromatic nitrogens is 4. The Hall–Kier alpha value is -7.84. The van der Waals surface area contributed by atoms with Crippen LogP contribution in [-0.4, -0.2) is 214 Å². The van der Waals surface area contributed by atoms with Gasteiger partial charge in [0.05, 0.1) is 0 Å². The Morgan fingerprint density at radius 1 is 0.336 bits per heavy atom. The van der Waals surface area contributed by atoms with E-state index >= 15 is 0 Å². The molecule has 0 N–H and O–H groups in total. The van der Waals surface area contributed by atoms with Gasteiger partial charge in [0, 0.05) is 143 Å². The molecule has 4 saturated heterocycles. The Kier molecular flexibility index (Phi) is 55.4. The molecule has 2 saturated carbocycles. The Morgan fingerprint density at radius 3 is 0.788 bits per heavy atom. The number of carbonyl (C=O) groups is 12. The van der Waals surface area contributed by atoms with Crippen LogP contribution in [0.15, 0.2) is 181 Å². The summed E-state index contributed by atoms with van der Waals surface area (Å²) in [4.78, 5) is 154. The molecule has 0 spiro atoms. The van der Waals surface area contributed by atoms with E-state index in [1.165, 1.54) is 117 Å². The molecule has 746 valence electrons. The van der Waals surface area contributed by atoms with Crippen molar-refractivity contribution in [3.05, 3.63) is 203 Å². The summed E-state index contributed by atoms with van der Waals surface area (Å²) in [6.07, 6.45) is 6.71. The molecule has 137 heavy (non-hydrogen) atoms. The molecule has 6 aliphatic heterocycles. The van der Waals surface area contributed by atoms with Crippen molar-refractivity contribution in [2.45, 2.75) is 252 Å². The number of hydrogen-bond acceptors (Lipinski definition) is 35. The van der Waals surface area contributed by atoms with Crippen LogP contribution < -0.4 is 40.2 Å². The quantitative estimate of drug-likeness (QED) is 0.0175. The number of pyridine rings is 4. The van der Waals surface area contributed by atoms with Gasteiger partial charge < -0.3 is 101 Å². The van der Waals surface area contributed by atoms with Gasteiger partial charge in [-0.15, -0.1) is 12.6 Å². The van der Waals surface area contributed by atoms with Crippen LogP contribution in [0, 0.1) is 0 Å². The molecule has 15 atom stereocenters. The van der Waals surface area contributed by atoms with E-state index in [1.54, 1.807) is 42.3 Å². The minimum absolute atomic E-state index is 0. The second-order valence-electron chi connectivity index (χ2n) is 30.7. The van der Waals surface area contributed by atoms with Gasteiger partial charge in [0.1, 0.15) is 126 Å². The minimum Gasteiger partial charge on any atom is -0.253 e. The topological polar surface area (TPSA) is 404 Å². The molecule has 2 aromatic carbocycles. The Morgan fingerprint density at radius 2 is 0.562 bits per heavy atom. The van der Waals surface area contributed by atoms with E-state index in [0.29, 0.717) is 0 Å². The molecule has 3 unspecified atom stereocenters. The molecular weight excluding hydrogens is 2270 g/mol. The van der Waals surface area contributed by atoms with Crippen LogP contribution in [0.25, 0.3) is 21.3 Å². The number of carbonyl (C=O) groups excluding carboxylic acids is 12. The fourth-order valence-corrected chi connectivity index (χ4v) is 23.5. The molecule has 8 aliphatic rings. The molecule has 6 aromatic rings. The van der Waals surface area contributed by atoms with E-state index < -0.39 is 177 Å². The monoisotopic (exact) mass is 2380 g/mol. The van der Waals surface area contributed by atoms with Crippen LogP contribution in [0.4, 0.5) is 0 Å². The predicted molar refractivity (Wildman–Crippen MR) is 509 cm³/mol. The Balaban J connectivity index is 0.000000349. The van der Waals surface area contributed by atoms with E-state index in [0.717, 1.165) is 98.3 Å². The largest absolute Gasteiger partial charge is 1.00 e. The van der Waals surface area contributed by atoms with Crippen molar-refractivity contribution < 1.29 is 205 Å². The summed E-state index contributed by atoms with van der Waals surface area (Å²) < 4.78 is 82.1. The van der Waals surface area contributed by atoms with E-state index in [4.69, 9.17) is 121 Å². The van der Waals surface area contributed by atoms with Crippen molar-refractivity contribution >= 4 is 166 Å². The first kappa shape index (κ1) is 121. The van der Waals surface area contributed by atoms with E-state index in [2.05, 4.69) is 131 Å². The van der Waals surface area contributed by atoms with Gasteiger partial charge in [-0.3, -0.25) is 77.5 Å². The zero-order valence-corrected chi connectivity index (χ0v) is 88.4. The maximum Gasteiger partial charge on any atom is 1.00 e. The first-order valence-corrected chi connectivity index (χ1v) is 49.9. The van der Waals surface area contributed by atoms with Crippen molar-refractivity contribution in [1.29, 1.82) is 0 Å². The molecule has 0 radical (unpaired) electrons. The Bertz CT molecular complexity index is 4550. The van der Waals surface area contributed by atoms with E-state index in [1.807, 2.05) is 49.1 Å². The van der Waals surface area contributed by atoms with Gasteiger partial charge in [-0.2, -0.15) is 0 Å². The number of halogens is 1. The number of benzene rings is 2. The van der Waals surface area contributed by atoms with Crippen LogP contribution in [-0.2, 0) is 201 Å². The molecule has 6 fully saturated rings. The third kappa shape index (κ3) is 37.2. The summed E-state index contributed by atoms with van der Waals surface area (Å²) in [5.41, 5.74) is 7.65. The van der Waals surface area contributed by atoms with E-state index in [9.17, 15) is 57.5 Å². The zero-order chi connectivity index (χ0) is 97.0. The number of nitrogens with zero attached hydrogens (tertiary/aromatic N) is 4. The number of allylic oxidation sites excluding steroid dienone is 4. The van der Waals surface area contributed by atoms with Crippen molar-refractivity contribution in [3.8, 4) is 0 Å².